The van der Waals surface area contributed by atoms with Crippen molar-refractivity contribution in [2.24, 2.45) is 0 Å². The number of carbonyl (C=O) groups excluding carboxylic acids is 1. The van der Waals surface area contributed by atoms with Crippen LogP contribution >= 0.6 is 11.3 Å². The van der Waals surface area contributed by atoms with Gasteiger partial charge in [0.2, 0.25) is 5.91 Å². The van der Waals surface area contributed by atoms with Crippen LogP contribution in [-0.4, -0.2) is 20.9 Å². The summed E-state index contributed by atoms with van der Waals surface area (Å²) in [7, 11) is 0. The van der Waals surface area contributed by atoms with Gasteiger partial charge in [-0.3, -0.25) is 4.79 Å². The number of nitrogens with zero attached hydrogens (tertiary/aromatic N) is 1. The molecular weight excluding hydrogens is 288 g/mol. The van der Waals surface area contributed by atoms with E-state index in [1.54, 1.807) is 24.3 Å². The Bertz CT molecular complexity index is 888. The van der Waals surface area contributed by atoms with E-state index in [-0.39, 0.29) is 11.6 Å². The van der Waals surface area contributed by atoms with Crippen LogP contribution in [-0.2, 0) is 4.79 Å². The molecule has 21 heavy (non-hydrogen) atoms. The van der Waals surface area contributed by atoms with E-state index >= 15 is 0 Å². The molecule has 0 aliphatic heterocycles. The molecule has 3 rings (SSSR count). The van der Waals surface area contributed by atoms with Crippen molar-refractivity contribution in [3.8, 4) is 0 Å². The van der Waals surface area contributed by atoms with Crippen molar-refractivity contribution in [1.29, 1.82) is 0 Å². The van der Waals surface area contributed by atoms with Crippen LogP contribution in [0, 0.1) is 6.92 Å². The molecule has 0 saturated carbocycles. The highest BCUT2D eigenvalue weighted by atomic mass is 32.1. The number of H-pyrrole nitrogens is 2. The van der Waals surface area contributed by atoms with Crippen LogP contribution < -0.4 is 11.0 Å². The van der Waals surface area contributed by atoms with Gasteiger partial charge < -0.3 is 15.3 Å². The lowest BCUT2D eigenvalue weighted by atomic mass is 10.2. The highest BCUT2D eigenvalue weighted by Gasteiger charge is 2.02. The van der Waals surface area contributed by atoms with E-state index in [0.29, 0.717) is 16.7 Å². The fraction of sp³-hybridized carbons (Fsp3) is 0.0714. The first-order valence-corrected chi connectivity index (χ1v) is 7.11. The van der Waals surface area contributed by atoms with Crippen LogP contribution in [0.25, 0.3) is 17.1 Å². The Morgan fingerprint density at radius 2 is 2.14 bits per heavy atom. The average molecular weight is 300 g/mol. The number of imidazole rings is 1. The van der Waals surface area contributed by atoms with Gasteiger partial charge in [-0.05, 0) is 31.2 Å². The molecule has 1 aromatic carbocycles. The molecule has 3 N–H and O–H groups in total. The van der Waals surface area contributed by atoms with E-state index in [9.17, 15) is 9.59 Å². The molecule has 0 radical (unpaired) electrons. The lowest BCUT2D eigenvalue weighted by Gasteiger charge is -2.01. The van der Waals surface area contributed by atoms with E-state index in [2.05, 4.69) is 20.3 Å². The summed E-state index contributed by atoms with van der Waals surface area (Å²) in [5.74, 6) is -0.252. The maximum Gasteiger partial charge on any atom is 0.323 e. The number of hydrogen-bond acceptors (Lipinski definition) is 4. The zero-order chi connectivity index (χ0) is 14.8. The Labute approximate surface area is 123 Å². The summed E-state index contributed by atoms with van der Waals surface area (Å²) < 4.78 is 0. The molecular formula is C14H12N4O2S. The van der Waals surface area contributed by atoms with Crippen LogP contribution in [0.15, 0.2) is 34.4 Å². The first-order chi connectivity index (χ1) is 10.1. The number of aryl methyl sites for hydroxylation is 1. The number of nitrogens with one attached hydrogen (secondary N) is 3. The third-order valence-electron chi connectivity index (χ3n) is 2.83. The quantitative estimate of drug-likeness (QED) is 0.648. The minimum atomic E-state index is -0.271. The van der Waals surface area contributed by atoms with Crippen molar-refractivity contribution in [2.45, 2.75) is 6.92 Å². The Morgan fingerprint density at radius 1 is 1.33 bits per heavy atom. The van der Waals surface area contributed by atoms with Crippen molar-refractivity contribution >= 4 is 40.0 Å². The molecule has 0 bridgehead atoms. The van der Waals surface area contributed by atoms with Crippen molar-refractivity contribution < 1.29 is 4.79 Å². The summed E-state index contributed by atoms with van der Waals surface area (Å²) in [6.45, 7) is 1.91. The topological polar surface area (TPSA) is 90.6 Å². The van der Waals surface area contributed by atoms with Gasteiger partial charge in [0.15, 0.2) is 0 Å². The Morgan fingerprint density at radius 3 is 2.90 bits per heavy atom. The molecule has 0 aliphatic rings. The lowest BCUT2D eigenvalue weighted by molar-refractivity contribution is -0.111. The number of thiazole rings is 1. The molecule has 0 unspecified atom stereocenters. The van der Waals surface area contributed by atoms with Crippen LogP contribution in [0.3, 0.4) is 0 Å². The molecule has 0 spiro atoms. The SMILES string of the molecule is Cc1nc(/C=C/C(=O)Nc2ccc3[nH]c(=O)[nH]c3c2)cs1. The summed E-state index contributed by atoms with van der Waals surface area (Å²) in [6, 6.07) is 5.16. The van der Waals surface area contributed by atoms with Crippen LogP contribution in [0.2, 0.25) is 0 Å². The van der Waals surface area contributed by atoms with E-state index in [0.717, 1.165) is 10.7 Å². The number of fused-ring (bicyclic) bond motifs is 1. The van der Waals surface area contributed by atoms with Gasteiger partial charge in [0.25, 0.3) is 0 Å². The summed E-state index contributed by atoms with van der Waals surface area (Å²) in [4.78, 5) is 32.5. The zero-order valence-corrected chi connectivity index (χ0v) is 12.0. The zero-order valence-electron chi connectivity index (χ0n) is 11.1. The largest absolute Gasteiger partial charge is 0.323 e. The molecule has 6 nitrogen and oxygen atoms in total. The number of carbonyl (C=O) groups is 1. The highest BCUT2D eigenvalue weighted by molar-refractivity contribution is 7.09. The summed E-state index contributed by atoms with van der Waals surface area (Å²) in [6.07, 6.45) is 3.09. The number of aromatic nitrogens is 3. The minimum Gasteiger partial charge on any atom is -0.322 e. The van der Waals surface area contributed by atoms with Gasteiger partial charge in [0.05, 0.1) is 21.7 Å². The van der Waals surface area contributed by atoms with Gasteiger partial charge >= 0.3 is 5.69 Å². The maximum atomic E-state index is 11.8. The molecule has 0 fully saturated rings. The predicted octanol–water partition coefficient (Wildman–Crippen LogP) is 2.27. The fourth-order valence-electron chi connectivity index (χ4n) is 1.91. The number of aromatic amines is 2. The normalized spacial score (nSPS) is 11.3. The molecule has 0 aliphatic carbocycles. The van der Waals surface area contributed by atoms with Gasteiger partial charge in [-0.2, -0.15) is 0 Å². The third kappa shape index (κ3) is 3.09. The third-order valence-corrected chi connectivity index (χ3v) is 3.62. The van der Waals surface area contributed by atoms with Gasteiger partial charge in [-0.15, -0.1) is 11.3 Å². The second-order valence-electron chi connectivity index (χ2n) is 4.45. The van der Waals surface area contributed by atoms with Gasteiger partial charge in [-0.1, -0.05) is 0 Å². The average Bonchev–Trinajstić information content (AvgIpc) is 3.01. The predicted molar refractivity (Wildman–Crippen MR) is 83.4 cm³/mol. The standard InChI is InChI=1S/C14H12N4O2S/c1-8-15-10(7-21-8)3-5-13(19)16-9-2-4-11-12(6-9)18-14(20)17-11/h2-7H,1H3,(H,16,19)(H2,17,18,20)/b5-3+. The van der Waals surface area contributed by atoms with Crippen molar-refractivity contribution in [1.82, 2.24) is 15.0 Å². The number of amides is 1. The number of hydrogen-bond donors (Lipinski definition) is 3. The Balaban J connectivity index is 1.73. The molecule has 2 aromatic heterocycles. The lowest BCUT2D eigenvalue weighted by Crippen LogP contribution is -2.07. The second kappa shape index (κ2) is 5.37. The first kappa shape index (κ1) is 13.3. The van der Waals surface area contributed by atoms with Crippen molar-refractivity contribution in [3.05, 3.63) is 50.8 Å². The highest BCUT2D eigenvalue weighted by Crippen LogP contribution is 2.15. The number of benzene rings is 1. The van der Waals surface area contributed by atoms with Crippen molar-refractivity contribution in [2.75, 3.05) is 5.32 Å². The molecule has 0 saturated heterocycles. The maximum absolute atomic E-state index is 11.8. The van der Waals surface area contributed by atoms with E-state index in [1.807, 2.05) is 12.3 Å². The van der Waals surface area contributed by atoms with Crippen LogP contribution in [0.4, 0.5) is 5.69 Å². The fourth-order valence-corrected chi connectivity index (χ4v) is 2.49. The molecule has 3 aromatic rings. The molecule has 106 valence electrons. The van der Waals surface area contributed by atoms with E-state index in [1.165, 1.54) is 17.4 Å². The summed E-state index contributed by atoms with van der Waals surface area (Å²) in [5.41, 5.74) is 2.45. The molecule has 2 heterocycles. The Kier molecular flexibility index (Phi) is 3.41. The number of rotatable bonds is 3. The molecule has 1 amide bonds. The van der Waals surface area contributed by atoms with E-state index in [4.69, 9.17) is 0 Å². The van der Waals surface area contributed by atoms with Gasteiger partial charge in [-0.25, -0.2) is 9.78 Å². The summed E-state index contributed by atoms with van der Waals surface area (Å²) >= 11 is 1.53. The minimum absolute atomic E-state index is 0.252. The molecule has 0 atom stereocenters. The van der Waals surface area contributed by atoms with Crippen LogP contribution in [0.1, 0.15) is 10.7 Å². The van der Waals surface area contributed by atoms with Gasteiger partial charge in [0.1, 0.15) is 0 Å². The second-order valence-corrected chi connectivity index (χ2v) is 5.52. The monoisotopic (exact) mass is 300 g/mol. The Hall–Kier alpha value is -2.67. The number of anilines is 1. The molecule has 7 heteroatoms. The van der Waals surface area contributed by atoms with Gasteiger partial charge in [0, 0.05) is 17.1 Å². The van der Waals surface area contributed by atoms with E-state index < -0.39 is 0 Å². The van der Waals surface area contributed by atoms with Crippen molar-refractivity contribution in [3.63, 3.8) is 0 Å². The summed E-state index contributed by atoms with van der Waals surface area (Å²) in [5, 5.41) is 5.57. The van der Waals surface area contributed by atoms with Crippen LogP contribution in [0.5, 0.6) is 0 Å². The first-order valence-electron chi connectivity index (χ1n) is 6.23. The smallest absolute Gasteiger partial charge is 0.322 e.